The SMILES string of the molecule is O=C(OCc1cccc([N+](=O)[O-])c1)c1ccnc(-n2ccnc2)c1. The van der Waals surface area contributed by atoms with E-state index < -0.39 is 10.9 Å². The molecular weight excluding hydrogens is 312 g/mol. The number of ether oxygens (including phenoxy) is 1. The first-order valence-electron chi connectivity index (χ1n) is 6.98. The molecule has 0 aliphatic carbocycles. The minimum Gasteiger partial charge on any atom is -0.457 e. The van der Waals surface area contributed by atoms with Gasteiger partial charge in [0.2, 0.25) is 0 Å². The van der Waals surface area contributed by atoms with Crippen LogP contribution in [0.3, 0.4) is 0 Å². The van der Waals surface area contributed by atoms with Gasteiger partial charge in [-0.3, -0.25) is 14.7 Å². The molecule has 0 bridgehead atoms. The summed E-state index contributed by atoms with van der Waals surface area (Å²) in [6, 6.07) is 9.07. The molecule has 0 radical (unpaired) electrons. The summed E-state index contributed by atoms with van der Waals surface area (Å²) in [4.78, 5) is 30.5. The van der Waals surface area contributed by atoms with Gasteiger partial charge in [-0.05, 0) is 17.7 Å². The van der Waals surface area contributed by atoms with Crippen LogP contribution in [0, 0.1) is 10.1 Å². The Bertz CT molecular complexity index is 877. The molecule has 8 heteroatoms. The zero-order valence-electron chi connectivity index (χ0n) is 12.4. The summed E-state index contributed by atoms with van der Waals surface area (Å²) in [6.45, 7) is -0.0523. The number of imidazole rings is 1. The number of hydrogen-bond donors (Lipinski definition) is 0. The molecule has 0 amide bonds. The third-order valence-corrected chi connectivity index (χ3v) is 3.24. The molecule has 2 heterocycles. The molecule has 3 rings (SSSR count). The van der Waals surface area contributed by atoms with Crippen molar-refractivity contribution in [3.63, 3.8) is 0 Å². The van der Waals surface area contributed by atoms with Crippen LogP contribution in [0.15, 0.2) is 61.3 Å². The maximum atomic E-state index is 12.1. The molecule has 0 saturated heterocycles. The number of nitro groups is 1. The second-order valence-corrected chi connectivity index (χ2v) is 4.88. The number of esters is 1. The van der Waals surface area contributed by atoms with Gasteiger partial charge in [-0.15, -0.1) is 0 Å². The van der Waals surface area contributed by atoms with Crippen LogP contribution in [-0.2, 0) is 11.3 Å². The Balaban J connectivity index is 1.70. The number of rotatable bonds is 5. The summed E-state index contributed by atoms with van der Waals surface area (Å²) in [5, 5.41) is 10.7. The van der Waals surface area contributed by atoms with Crippen LogP contribution < -0.4 is 0 Å². The van der Waals surface area contributed by atoms with Crippen molar-refractivity contribution in [1.29, 1.82) is 0 Å². The van der Waals surface area contributed by atoms with E-state index in [1.807, 2.05) is 0 Å². The van der Waals surface area contributed by atoms with E-state index in [1.165, 1.54) is 24.4 Å². The second kappa shape index (κ2) is 6.69. The maximum Gasteiger partial charge on any atom is 0.338 e. The van der Waals surface area contributed by atoms with Gasteiger partial charge in [0.25, 0.3) is 5.69 Å². The molecule has 1 aromatic carbocycles. The fourth-order valence-electron chi connectivity index (χ4n) is 2.07. The van der Waals surface area contributed by atoms with Crippen LogP contribution in [0.1, 0.15) is 15.9 Å². The van der Waals surface area contributed by atoms with Crippen molar-refractivity contribution in [3.05, 3.63) is 82.6 Å². The van der Waals surface area contributed by atoms with Gasteiger partial charge in [0.15, 0.2) is 0 Å². The molecule has 0 saturated carbocycles. The molecule has 0 aliphatic heterocycles. The topological polar surface area (TPSA) is 100 Å². The monoisotopic (exact) mass is 324 g/mol. The van der Waals surface area contributed by atoms with Gasteiger partial charge in [-0.1, -0.05) is 12.1 Å². The number of nitrogens with zero attached hydrogens (tertiary/aromatic N) is 4. The zero-order chi connectivity index (χ0) is 16.9. The number of nitro benzene ring substituents is 1. The summed E-state index contributed by atoms with van der Waals surface area (Å²) >= 11 is 0. The van der Waals surface area contributed by atoms with Crippen molar-refractivity contribution in [1.82, 2.24) is 14.5 Å². The lowest BCUT2D eigenvalue weighted by atomic mass is 10.2. The first-order chi connectivity index (χ1) is 11.6. The normalized spacial score (nSPS) is 10.3. The van der Waals surface area contributed by atoms with Crippen molar-refractivity contribution < 1.29 is 14.5 Å². The number of benzene rings is 1. The predicted octanol–water partition coefficient (Wildman–Crippen LogP) is 2.53. The number of pyridine rings is 1. The third-order valence-electron chi connectivity index (χ3n) is 3.24. The highest BCUT2D eigenvalue weighted by Gasteiger charge is 2.11. The van der Waals surface area contributed by atoms with Gasteiger partial charge in [0.1, 0.15) is 18.8 Å². The molecule has 0 fully saturated rings. The largest absolute Gasteiger partial charge is 0.457 e. The van der Waals surface area contributed by atoms with Crippen molar-refractivity contribution >= 4 is 11.7 Å². The van der Waals surface area contributed by atoms with Crippen LogP contribution in [0.5, 0.6) is 0 Å². The van der Waals surface area contributed by atoms with E-state index in [2.05, 4.69) is 9.97 Å². The highest BCUT2D eigenvalue weighted by molar-refractivity contribution is 5.89. The lowest BCUT2D eigenvalue weighted by Crippen LogP contribution is -2.07. The molecule has 2 aromatic heterocycles. The Morgan fingerprint density at radius 2 is 2.12 bits per heavy atom. The van der Waals surface area contributed by atoms with Gasteiger partial charge in [-0.2, -0.15) is 0 Å². The van der Waals surface area contributed by atoms with Gasteiger partial charge < -0.3 is 4.74 Å². The fraction of sp³-hybridized carbons (Fsp3) is 0.0625. The molecule has 0 spiro atoms. The summed E-state index contributed by atoms with van der Waals surface area (Å²) in [6.07, 6.45) is 6.38. The summed E-state index contributed by atoms with van der Waals surface area (Å²) in [7, 11) is 0. The molecule has 8 nitrogen and oxygen atoms in total. The summed E-state index contributed by atoms with van der Waals surface area (Å²) in [5.41, 5.74) is 0.829. The zero-order valence-corrected chi connectivity index (χ0v) is 12.4. The second-order valence-electron chi connectivity index (χ2n) is 4.88. The molecule has 120 valence electrons. The number of carbonyl (C=O) groups excluding carboxylic acids is 1. The Morgan fingerprint density at radius 1 is 1.25 bits per heavy atom. The van der Waals surface area contributed by atoms with Crippen molar-refractivity contribution in [2.45, 2.75) is 6.61 Å². The first kappa shape index (κ1) is 15.3. The lowest BCUT2D eigenvalue weighted by Gasteiger charge is -2.06. The van der Waals surface area contributed by atoms with Gasteiger partial charge in [0.05, 0.1) is 10.5 Å². The van der Waals surface area contributed by atoms with Gasteiger partial charge in [-0.25, -0.2) is 14.8 Å². The van der Waals surface area contributed by atoms with Crippen LogP contribution in [0.4, 0.5) is 5.69 Å². The van der Waals surface area contributed by atoms with E-state index in [9.17, 15) is 14.9 Å². The van der Waals surface area contributed by atoms with Crippen LogP contribution >= 0.6 is 0 Å². The Labute approximate surface area is 136 Å². The van der Waals surface area contributed by atoms with Crippen LogP contribution in [-0.4, -0.2) is 25.4 Å². The van der Waals surface area contributed by atoms with E-state index in [-0.39, 0.29) is 12.3 Å². The lowest BCUT2D eigenvalue weighted by molar-refractivity contribution is -0.384. The summed E-state index contributed by atoms with van der Waals surface area (Å²) in [5.74, 6) is 0.00238. The molecule has 0 atom stereocenters. The highest BCUT2D eigenvalue weighted by Crippen LogP contribution is 2.15. The fourth-order valence-corrected chi connectivity index (χ4v) is 2.07. The number of aromatic nitrogens is 3. The smallest absolute Gasteiger partial charge is 0.338 e. The van der Waals surface area contributed by atoms with Crippen molar-refractivity contribution in [2.24, 2.45) is 0 Å². The summed E-state index contributed by atoms with van der Waals surface area (Å²) < 4.78 is 6.87. The van der Waals surface area contributed by atoms with E-state index in [0.29, 0.717) is 16.9 Å². The standard InChI is InChI=1S/C16H12N4O4/c21-16(24-10-12-2-1-3-14(8-12)20(22)23)13-4-5-18-15(9-13)19-7-6-17-11-19/h1-9,11H,10H2. The van der Waals surface area contributed by atoms with Crippen LogP contribution in [0.25, 0.3) is 5.82 Å². The molecule has 24 heavy (non-hydrogen) atoms. The van der Waals surface area contributed by atoms with Gasteiger partial charge >= 0.3 is 5.97 Å². The minimum absolute atomic E-state index is 0.0464. The van der Waals surface area contributed by atoms with E-state index in [4.69, 9.17) is 4.74 Å². The molecule has 0 aliphatic rings. The Morgan fingerprint density at radius 3 is 2.88 bits per heavy atom. The quantitative estimate of drug-likeness (QED) is 0.406. The molecule has 0 unspecified atom stereocenters. The Hall–Kier alpha value is -3.55. The highest BCUT2D eigenvalue weighted by atomic mass is 16.6. The van der Waals surface area contributed by atoms with Crippen molar-refractivity contribution in [2.75, 3.05) is 0 Å². The number of carbonyl (C=O) groups is 1. The van der Waals surface area contributed by atoms with Crippen LogP contribution in [0.2, 0.25) is 0 Å². The molecule has 3 aromatic rings. The first-order valence-corrected chi connectivity index (χ1v) is 6.98. The maximum absolute atomic E-state index is 12.1. The average Bonchev–Trinajstić information content (AvgIpc) is 3.15. The third kappa shape index (κ3) is 3.43. The predicted molar refractivity (Wildman–Crippen MR) is 83.6 cm³/mol. The minimum atomic E-state index is -0.537. The Kier molecular flexibility index (Phi) is 4.28. The van der Waals surface area contributed by atoms with Gasteiger partial charge in [0, 0.05) is 30.7 Å². The molecular formula is C16H12N4O4. The van der Waals surface area contributed by atoms with E-state index in [1.54, 1.807) is 41.5 Å². The van der Waals surface area contributed by atoms with E-state index >= 15 is 0 Å². The van der Waals surface area contributed by atoms with Crippen molar-refractivity contribution in [3.8, 4) is 5.82 Å². The number of hydrogen-bond acceptors (Lipinski definition) is 6. The average molecular weight is 324 g/mol. The molecule has 0 N–H and O–H groups in total. The number of non-ortho nitro benzene ring substituents is 1. The van der Waals surface area contributed by atoms with E-state index in [0.717, 1.165) is 0 Å².